The van der Waals surface area contributed by atoms with Gasteiger partial charge < -0.3 is 19.7 Å². The van der Waals surface area contributed by atoms with Gasteiger partial charge in [0.25, 0.3) is 5.56 Å². The maximum absolute atomic E-state index is 12.7. The number of rotatable bonds is 6. The number of aromatic nitrogens is 3. The van der Waals surface area contributed by atoms with Gasteiger partial charge in [-0.25, -0.2) is 9.78 Å². The molecule has 0 atom stereocenters. The molecule has 0 saturated carbocycles. The minimum absolute atomic E-state index is 0.142. The summed E-state index contributed by atoms with van der Waals surface area (Å²) in [6, 6.07) is 16.2. The number of carbonyl (C=O) groups is 1. The number of hydrogen-bond donors (Lipinski definition) is 1. The molecule has 186 valence electrons. The molecule has 3 heterocycles. The van der Waals surface area contributed by atoms with Gasteiger partial charge in [0.2, 0.25) is 4.96 Å². The van der Waals surface area contributed by atoms with Crippen LogP contribution in [0.3, 0.4) is 0 Å². The number of nitrogens with zero attached hydrogens (tertiary/aromatic N) is 5. The van der Waals surface area contributed by atoms with Gasteiger partial charge in [-0.15, -0.1) is 0 Å². The number of nitrogens with one attached hydrogen (secondary N) is 1. The number of ether oxygens (including phenoxy) is 2. The van der Waals surface area contributed by atoms with E-state index in [0.29, 0.717) is 54.8 Å². The molecule has 4 aromatic rings. The molecule has 36 heavy (non-hydrogen) atoms. The van der Waals surface area contributed by atoms with E-state index in [2.05, 4.69) is 20.3 Å². The van der Waals surface area contributed by atoms with E-state index in [-0.39, 0.29) is 11.6 Å². The maximum Gasteiger partial charge on any atom is 0.321 e. The molecule has 1 saturated heterocycles. The third-order valence-electron chi connectivity index (χ3n) is 6.00. The average molecular weight is 507 g/mol. The molecule has 1 aliphatic rings. The van der Waals surface area contributed by atoms with Crippen molar-refractivity contribution >= 4 is 28.0 Å². The number of piperazine rings is 1. The first kappa shape index (κ1) is 23.8. The van der Waals surface area contributed by atoms with Crippen molar-refractivity contribution in [1.82, 2.24) is 24.4 Å². The fourth-order valence-electron chi connectivity index (χ4n) is 4.03. The van der Waals surface area contributed by atoms with Crippen LogP contribution in [0.2, 0.25) is 0 Å². The van der Waals surface area contributed by atoms with E-state index in [0.717, 1.165) is 16.3 Å². The summed E-state index contributed by atoms with van der Waals surface area (Å²) < 4.78 is 11.8. The Hall–Kier alpha value is -3.96. The summed E-state index contributed by atoms with van der Waals surface area (Å²) in [5, 5.41) is 8.09. The van der Waals surface area contributed by atoms with E-state index in [9.17, 15) is 9.59 Å². The summed E-state index contributed by atoms with van der Waals surface area (Å²) in [6.45, 7) is 3.07. The Kier molecular flexibility index (Phi) is 6.83. The van der Waals surface area contributed by atoms with Crippen LogP contribution in [0.5, 0.6) is 11.5 Å². The number of anilines is 1. The maximum atomic E-state index is 12.7. The van der Waals surface area contributed by atoms with Crippen molar-refractivity contribution in [1.29, 1.82) is 0 Å². The number of urea groups is 1. The number of amides is 2. The zero-order valence-electron chi connectivity index (χ0n) is 20.0. The van der Waals surface area contributed by atoms with Crippen LogP contribution in [0.1, 0.15) is 5.69 Å². The van der Waals surface area contributed by atoms with Gasteiger partial charge in [0.1, 0.15) is 16.5 Å². The van der Waals surface area contributed by atoms with Crippen molar-refractivity contribution in [3.8, 4) is 22.1 Å². The fraction of sp³-hybridized carbons (Fsp3) is 0.280. The highest BCUT2D eigenvalue weighted by atomic mass is 32.1. The summed E-state index contributed by atoms with van der Waals surface area (Å²) in [5.41, 5.74) is 2.08. The van der Waals surface area contributed by atoms with Gasteiger partial charge in [0.05, 0.1) is 19.9 Å². The van der Waals surface area contributed by atoms with Gasteiger partial charge in [-0.3, -0.25) is 9.69 Å². The van der Waals surface area contributed by atoms with Crippen LogP contribution in [0.25, 0.3) is 15.5 Å². The third-order valence-corrected chi connectivity index (χ3v) is 6.96. The second-order valence-electron chi connectivity index (χ2n) is 8.34. The highest BCUT2D eigenvalue weighted by Gasteiger charge is 2.22. The zero-order valence-corrected chi connectivity index (χ0v) is 20.8. The van der Waals surface area contributed by atoms with Crippen LogP contribution in [-0.2, 0) is 6.54 Å². The molecule has 10 nitrogen and oxygen atoms in total. The Labute approximate surface area is 211 Å². The molecule has 2 amide bonds. The van der Waals surface area contributed by atoms with Crippen LogP contribution in [0.15, 0.2) is 59.4 Å². The largest absolute Gasteiger partial charge is 0.497 e. The Balaban J connectivity index is 1.22. The summed E-state index contributed by atoms with van der Waals surface area (Å²) in [4.78, 5) is 34.6. The van der Waals surface area contributed by atoms with E-state index in [1.54, 1.807) is 25.2 Å². The van der Waals surface area contributed by atoms with Crippen LogP contribution in [0.4, 0.5) is 10.5 Å². The molecular weight excluding hydrogens is 480 g/mol. The highest BCUT2D eigenvalue weighted by molar-refractivity contribution is 7.19. The van der Waals surface area contributed by atoms with Crippen molar-refractivity contribution < 1.29 is 14.3 Å². The van der Waals surface area contributed by atoms with Gasteiger partial charge in [-0.1, -0.05) is 17.4 Å². The standard InChI is InChI=1S/C25H26N6O4S/c1-34-20-8-6-17(7-9-20)23-28-31-22(32)15-19(27-25(31)36-23)16-29-10-12-30(13-11-29)24(33)26-18-4-3-5-21(14-18)35-2/h3-9,14-15H,10-13,16H2,1-2H3,(H,26,33). The fourth-order valence-corrected chi connectivity index (χ4v) is 4.96. The van der Waals surface area contributed by atoms with Crippen LogP contribution < -0.4 is 20.3 Å². The van der Waals surface area contributed by atoms with Crippen molar-refractivity contribution in [2.75, 3.05) is 45.7 Å². The second-order valence-corrected chi connectivity index (χ2v) is 9.30. The van der Waals surface area contributed by atoms with E-state index in [1.165, 1.54) is 21.9 Å². The molecule has 2 aromatic carbocycles. The number of fused-ring (bicyclic) bond motifs is 1. The molecule has 0 aliphatic carbocycles. The normalized spacial score (nSPS) is 14.1. The van der Waals surface area contributed by atoms with Gasteiger partial charge >= 0.3 is 6.03 Å². The Morgan fingerprint density at radius 2 is 1.75 bits per heavy atom. The smallest absolute Gasteiger partial charge is 0.321 e. The molecule has 1 aliphatic heterocycles. The number of benzene rings is 2. The van der Waals surface area contributed by atoms with Crippen molar-refractivity contribution in [3.05, 3.63) is 70.6 Å². The topological polar surface area (TPSA) is 101 Å². The molecule has 0 unspecified atom stereocenters. The molecule has 0 bridgehead atoms. The quantitative estimate of drug-likeness (QED) is 0.429. The first-order chi connectivity index (χ1) is 17.5. The summed E-state index contributed by atoms with van der Waals surface area (Å²) in [5.74, 6) is 1.45. The molecule has 0 radical (unpaired) electrons. The lowest BCUT2D eigenvalue weighted by atomic mass is 10.2. The predicted octanol–water partition coefficient (Wildman–Crippen LogP) is 3.18. The molecule has 5 rings (SSSR count). The number of methoxy groups -OCH3 is 2. The summed E-state index contributed by atoms with van der Waals surface area (Å²) >= 11 is 1.37. The van der Waals surface area contributed by atoms with E-state index in [1.807, 2.05) is 42.5 Å². The molecule has 1 N–H and O–H groups in total. The molecule has 0 spiro atoms. The third kappa shape index (κ3) is 5.16. The van der Waals surface area contributed by atoms with E-state index in [4.69, 9.17) is 9.47 Å². The number of carbonyl (C=O) groups excluding carboxylic acids is 1. The van der Waals surface area contributed by atoms with Gasteiger partial charge in [-0.2, -0.15) is 9.61 Å². The van der Waals surface area contributed by atoms with Gasteiger partial charge in [-0.05, 0) is 36.4 Å². The molecule has 1 fully saturated rings. The second kappa shape index (κ2) is 10.3. The lowest BCUT2D eigenvalue weighted by Crippen LogP contribution is -2.49. The monoisotopic (exact) mass is 506 g/mol. The van der Waals surface area contributed by atoms with E-state index < -0.39 is 0 Å². The highest BCUT2D eigenvalue weighted by Crippen LogP contribution is 2.26. The SMILES string of the molecule is COc1ccc(-c2nn3c(=O)cc(CN4CCN(C(=O)Nc5cccc(OC)c5)CC4)nc3s2)cc1. The molecular formula is C25H26N6O4S. The molecule has 2 aromatic heterocycles. The summed E-state index contributed by atoms with van der Waals surface area (Å²) in [6.07, 6.45) is 0. The lowest BCUT2D eigenvalue weighted by Gasteiger charge is -2.34. The van der Waals surface area contributed by atoms with Crippen LogP contribution in [0, 0.1) is 0 Å². The zero-order chi connectivity index (χ0) is 25.1. The summed E-state index contributed by atoms with van der Waals surface area (Å²) in [7, 11) is 3.21. The first-order valence-corrected chi connectivity index (χ1v) is 12.3. The van der Waals surface area contributed by atoms with E-state index >= 15 is 0 Å². The first-order valence-electron chi connectivity index (χ1n) is 11.5. The predicted molar refractivity (Wildman–Crippen MR) is 138 cm³/mol. The van der Waals surface area contributed by atoms with Gasteiger partial charge in [0.15, 0.2) is 0 Å². The lowest BCUT2D eigenvalue weighted by molar-refractivity contribution is 0.142. The average Bonchev–Trinajstić information content (AvgIpc) is 3.34. The van der Waals surface area contributed by atoms with Crippen molar-refractivity contribution in [2.45, 2.75) is 6.54 Å². The van der Waals surface area contributed by atoms with Crippen LogP contribution in [-0.4, -0.2) is 70.8 Å². The Bertz CT molecular complexity index is 1430. The Morgan fingerprint density at radius 3 is 2.47 bits per heavy atom. The molecule has 11 heteroatoms. The minimum atomic E-state index is -0.206. The van der Waals surface area contributed by atoms with Crippen molar-refractivity contribution in [3.63, 3.8) is 0 Å². The van der Waals surface area contributed by atoms with Crippen LogP contribution >= 0.6 is 11.3 Å². The minimum Gasteiger partial charge on any atom is -0.497 e. The van der Waals surface area contributed by atoms with Gasteiger partial charge in [0, 0.05) is 56.1 Å². The number of hydrogen-bond acceptors (Lipinski definition) is 8. The van der Waals surface area contributed by atoms with Crippen molar-refractivity contribution in [2.24, 2.45) is 0 Å². The Morgan fingerprint density at radius 1 is 1.00 bits per heavy atom.